The Morgan fingerprint density at radius 1 is 1.32 bits per heavy atom. The summed E-state index contributed by atoms with van der Waals surface area (Å²) in [6, 6.07) is 10.3. The van der Waals surface area contributed by atoms with Crippen LogP contribution in [0.5, 0.6) is 5.75 Å². The van der Waals surface area contributed by atoms with E-state index >= 15 is 0 Å². The fraction of sp³-hybridized carbons (Fsp3) is 0.400. The van der Waals surface area contributed by atoms with Gasteiger partial charge in [0.2, 0.25) is 0 Å². The summed E-state index contributed by atoms with van der Waals surface area (Å²) in [5, 5.41) is 7.70. The maximum absolute atomic E-state index is 5.22. The van der Waals surface area contributed by atoms with Crippen LogP contribution < -0.4 is 10.1 Å². The van der Waals surface area contributed by atoms with Crippen LogP contribution in [-0.2, 0) is 19.5 Å². The highest BCUT2D eigenvalue weighted by molar-refractivity contribution is 5.28. The number of ether oxygens (including phenoxy) is 1. The summed E-state index contributed by atoms with van der Waals surface area (Å²) in [7, 11) is 1.70. The summed E-state index contributed by atoms with van der Waals surface area (Å²) in [6.45, 7) is 4.83. The molecule has 0 spiro atoms. The lowest BCUT2D eigenvalue weighted by atomic mass is 10.1. The van der Waals surface area contributed by atoms with Crippen LogP contribution in [0.4, 0.5) is 0 Å². The molecule has 0 unspecified atom stereocenters. The molecule has 1 N–H and O–H groups in total. The Kier molecular flexibility index (Phi) is 4.98. The predicted octanol–water partition coefficient (Wildman–Crippen LogP) is 2.24. The Morgan fingerprint density at radius 3 is 3.00 bits per heavy atom. The predicted molar refractivity (Wildman–Crippen MR) is 76.3 cm³/mol. The van der Waals surface area contributed by atoms with Crippen molar-refractivity contribution in [3.63, 3.8) is 0 Å². The summed E-state index contributed by atoms with van der Waals surface area (Å²) >= 11 is 0. The average molecular weight is 259 g/mol. The van der Waals surface area contributed by atoms with Crippen molar-refractivity contribution >= 4 is 0 Å². The third-order valence-electron chi connectivity index (χ3n) is 3.13. The number of hydrogen-bond acceptors (Lipinski definition) is 3. The number of aromatic nitrogens is 2. The fourth-order valence-corrected chi connectivity index (χ4v) is 2.07. The first-order chi connectivity index (χ1) is 9.33. The Bertz CT molecular complexity index is 508. The molecule has 2 aromatic rings. The van der Waals surface area contributed by atoms with Gasteiger partial charge in [-0.05, 0) is 43.7 Å². The van der Waals surface area contributed by atoms with Gasteiger partial charge in [-0.3, -0.25) is 4.68 Å². The third kappa shape index (κ3) is 3.83. The summed E-state index contributed by atoms with van der Waals surface area (Å²) in [4.78, 5) is 0. The molecule has 0 aliphatic carbocycles. The molecule has 0 bridgehead atoms. The van der Waals surface area contributed by atoms with E-state index in [4.69, 9.17) is 4.74 Å². The van der Waals surface area contributed by atoms with E-state index in [1.165, 1.54) is 11.3 Å². The maximum Gasteiger partial charge on any atom is 0.119 e. The van der Waals surface area contributed by atoms with Crippen LogP contribution in [0.1, 0.15) is 18.2 Å². The largest absolute Gasteiger partial charge is 0.497 e. The minimum absolute atomic E-state index is 0.859. The van der Waals surface area contributed by atoms with Crippen molar-refractivity contribution in [3.8, 4) is 5.75 Å². The smallest absolute Gasteiger partial charge is 0.119 e. The van der Waals surface area contributed by atoms with Crippen LogP contribution in [0, 0.1) is 0 Å². The molecule has 4 heteroatoms. The summed E-state index contributed by atoms with van der Waals surface area (Å²) in [5.74, 6) is 0.918. The number of nitrogens with zero attached hydrogens (tertiary/aromatic N) is 2. The van der Waals surface area contributed by atoms with Crippen molar-refractivity contribution in [2.75, 3.05) is 13.7 Å². The molecular weight excluding hydrogens is 238 g/mol. The van der Waals surface area contributed by atoms with Gasteiger partial charge in [0.15, 0.2) is 0 Å². The first-order valence-electron chi connectivity index (χ1n) is 6.68. The van der Waals surface area contributed by atoms with E-state index in [1.807, 2.05) is 23.0 Å². The molecule has 0 atom stereocenters. The van der Waals surface area contributed by atoms with E-state index in [0.29, 0.717) is 0 Å². The zero-order valence-corrected chi connectivity index (χ0v) is 11.6. The van der Waals surface area contributed by atoms with Gasteiger partial charge in [-0.25, -0.2) is 0 Å². The summed E-state index contributed by atoms with van der Waals surface area (Å²) < 4.78 is 7.23. The Balaban J connectivity index is 1.77. The molecule has 0 saturated carbocycles. The molecule has 1 heterocycles. The molecule has 1 aromatic heterocycles. The van der Waals surface area contributed by atoms with Crippen molar-refractivity contribution in [1.82, 2.24) is 15.1 Å². The Hall–Kier alpha value is -1.81. The van der Waals surface area contributed by atoms with Crippen LogP contribution in [0.25, 0.3) is 0 Å². The number of aryl methyl sites for hydroxylation is 1. The lowest BCUT2D eigenvalue weighted by Gasteiger charge is -2.07. The van der Waals surface area contributed by atoms with Gasteiger partial charge >= 0.3 is 0 Å². The van der Waals surface area contributed by atoms with E-state index < -0.39 is 0 Å². The highest BCUT2D eigenvalue weighted by Gasteiger charge is 2.00. The van der Waals surface area contributed by atoms with Gasteiger partial charge in [-0.15, -0.1) is 0 Å². The van der Waals surface area contributed by atoms with Crippen molar-refractivity contribution in [2.45, 2.75) is 26.4 Å². The standard InChI is InChI=1S/C15H21N3O/c1-3-18-14(8-10-17-18)12-16-9-7-13-5-4-6-15(11-13)19-2/h4-6,8,10-11,16H,3,7,9,12H2,1-2H3. The van der Waals surface area contributed by atoms with E-state index in [2.05, 4.69) is 35.5 Å². The van der Waals surface area contributed by atoms with Gasteiger partial charge in [-0.1, -0.05) is 12.1 Å². The van der Waals surface area contributed by atoms with E-state index in [9.17, 15) is 0 Å². The molecule has 102 valence electrons. The van der Waals surface area contributed by atoms with Crippen molar-refractivity contribution in [2.24, 2.45) is 0 Å². The molecule has 0 radical (unpaired) electrons. The van der Waals surface area contributed by atoms with Crippen LogP contribution in [0.2, 0.25) is 0 Å². The Morgan fingerprint density at radius 2 is 2.21 bits per heavy atom. The molecule has 2 rings (SSSR count). The molecule has 4 nitrogen and oxygen atoms in total. The van der Waals surface area contributed by atoms with Crippen LogP contribution >= 0.6 is 0 Å². The van der Waals surface area contributed by atoms with Gasteiger partial charge in [0, 0.05) is 19.3 Å². The van der Waals surface area contributed by atoms with E-state index in [0.717, 1.165) is 31.8 Å². The molecule has 0 aliphatic heterocycles. The lowest BCUT2D eigenvalue weighted by molar-refractivity contribution is 0.414. The average Bonchev–Trinajstić information content (AvgIpc) is 2.91. The number of rotatable bonds is 7. The zero-order chi connectivity index (χ0) is 13.5. The van der Waals surface area contributed by atoms with Crippen molar-refractivity contribution < 1.29 is 4.74 Å². The molecule has 0 saturated heterocycles. The highest BCUT2D eigenvalue weighted by Crippen LogP contribution is 2.12. The van der Waals surface area contributed by atoms with Gasteiger partial charge in [-0.2, -0.15) is 5.10 Å². The quantitative estimate of drug-likeness (QED) is 0.775. The number of hydrogen-bond donors (Lipinski definition) is 1. The highest BCUT2D eigenvalue weighted by atomic mass is 16.5. The number of benzene rings is 1. The summed E-state index contributed by atoms with van der Waals surface area (Å²) in [5.41, 5.74) is 2.52. The zero-order valence-electron chi connectivity index (χ0n) is 11.6. The Labute approximate surface area is 114 Å². The lowest BCUT2D eigenvalue weighted by Crippen LogP contribution is -2.19. The van der Waals surface area contributed by atoms with E-state index in [1.54, 1.807) is 7.11 Å². The first-order valence-corrected chi connectivity index (χ1v) is 6.68. The topological polar surface area (TPSA) is 39.1 Å². The van der Waals surface area contributed by atoms with Crippen LogP contribution in [-0.4, -0.2) is 23.4 Å². The SMILES string of the molecule is CCn1nccc1CNCCc1cccc(OC)c1. The normalized spacial score (nSPS) is 10.6. The van der Waals surface area contributed by atoms with Crippen LogP contribution in [0.3, 0.4) is 0 Å². The van der Waals surface area contributed by atoms with E-state index in [-0.39, 0.29) is 0 Å². The third-order valence-corrected chi connectivity index (χ3v) is 3.13. The summed E-state index contributed by atoms with van der Waals surface area (Å²) in [6.07, 6.45) is 2.85. The number of nitrogens with one attached hydrogen (secondary N) is 1. The second-order valence-corrected chi connectivity index (χ2v) is 4.42. The van der Waals surface area contributed by atoms with Gasteiger partial charge in [0.25, 0.3) is 0 Å². The monoisotopic (exact) mass is 259 g/mol. The second-order valence-electron chi connectivity index (χ2n) is 4.42. The minimum Gasteiger partial charge on any atom is -0.497 e. The molecule has 1 aromatic carbocycles. The minimum atomic E-state index is 0.859. The number of methoxy groups -OCH3 is 1. The maximum atomic E-state index is 5.22. The first kappa shape index (κ1) is 13.6. The fourth-order valence-electron chi connectivity index (χ4n) is 2.07. The molecular formula is C15H21N3O. The van der Waals surface area contributed by atoms with Gasteiger partial charge < -0.3 is 10.1 Å². The molecule has 0 aliphatic rings. The second kappa shape index (κ2) is 6.95. The van der Waals surface area contributed by atoms with Gasteiger partial charge in [0.1, 0.15) is 5.75 Å². The van der Waals surface area contributed by atoms with Crippen LogP contribution in [0.15, 0.2) is 36.5 Å². The van der Waals surface area contributed by atoms with Crippen molar-refractivity contribution in [1.29, 1.82) is 0 Å². The van der Waals surface area contributed by atoms with Gasteiger partial charge in [0.05, 0.1) is 12.8 Å². The molecule has 0 fully saturated rings. The molecule has 0 amide bonds. The molecule has 19 heavy (non-hydrogen) atoms. The van der Waals surface area contributed by atoms with Crippen molar-refractivity contribution in [3.05, 3.63) is 47.8 Å².